The van der Waals surface area contributed by atoms with Crippen LogP contribution in [-0.4, -0.2) is 17.3 Å². The number of nitrogens with one attached hydrogen (secondary N) is 1. The third-order valence-electron chi connectivity index (χ3n) is 3.84. The van der Waals surface area contributed by atoms with Crippen molar-refractivity contribution in [1.82, 2.24) is 0 Å². The molecule has 0 spiro atoms. The van der Waals surface area contributed by atoms with Gasteiger partial charge >= 0.3 is 0 Å². The first-order valence-corrected chi connectivity index (χ1v) is 6.89. The molecule has 0 aromatic heterocycles. The SMILES string of the molecule is OC(Cc1ccccc1)C1CCc2ccccc2N1. The van der Waals surface area contributed by atoms with E-state index in [2.05, 4.69) is 35.6 Å². The van der Waals surface area contributed by atoms with Gasteiger partial charge in [0.05, 0.1) is 12.1 Å². The monoisotopic (exact) mass is 253 g/mol. The molecule has 2 nitrogen and oxygen atoms in total. The highest BCUT2D eigenvalue weighted by Gasteiger charge is 2.23. The van der Waals surface area contributed by atoms with E-state index in [-0.39, 0.29) is 12.1 Å². The van der Waals surface area contributed by atoms with Gasteiger partial charge in [-0.1, -0.05) is 48.5 Å². The molecule has 0 radical (unpaired) electrons. The van der Waals surface area contributed by atoms with Crippen LogP contribution in [0, 0.1) is 0 Å². The van der Waals surface area contributed by atoms with Gasteiger partial charge in [-0.2, -0.15) is 0 Å². The lowest BCUT2D eigenvalue weighted by Crippen LogP contribution is -2.38. The maximum atomic E-state index is 10.4. The van der Waals surface area contributed by atoms with Crippen LogP contribution >= 0.6 is 0 Å². The highest BCUT2D eigenvalue weighted by molar-refractivity contribution is 5.54. The Kier molecular flexibility index (Phi) is 3.51. The number of aryl methyl sites for hydroxylation is 1. The predicted octanol–water partition coefficient (Wildman–Crippen LogP) is 3.02. The van der Waals surface area contributed by atoms with Crippen molar-refractivity contribution in [3.8, 4) is 0 Å². The van der Waals surface area contributed by atoms with Crippen molar-refractivity contribution in [2.24, 2.45) is 0 Å². The minimum absolute atomic E-state index is 0.148. The summed E-state index contributed by atoms with van der Waals surface area (Å²) in [5, 5.41) is 13.9. The topological polar surface area (TPSA) is 32.3 Å². The fourth-order valence-electron chi connectivity index (χ4n) is 2.75. The minimum Gasteiger partial charge on any atom is -0.391 e. The summed E-state index contributed by atoms with van der Waals surface area (Å²) < 4.78 is 0. The second-order valence-corrected chi connectivity index (χ2v) is 5.20. The molecule has 2 aromatic rings. The zero-order valence-corrected chi connectivity index (χ0v) is 10.9. The molecule has 0 saturated carbocycles. The maximum absolute atomic E-state index is 10.4. The van der Waals surface area contributed by atoms with E-state index in [1.54, 1.807) is 0 Å². The molecule has 19 heavy (non-hydrogen) atoms. The quantitative estimate of drug-likeness (QED) is 0.881. The van der Waals surface area contributed by atoms with Crippen molar-refractivity contribution in [2.45, 2.75) is 31.4 Å². The average molecular weight is 253 g/mol. The number of rotatable bonds is 3. The Labute approximate surface area is 114 Å². The van der Waals surface area contributed by atoms with Gasteiger partial charge in [0.25, 0.3) is 0 Å². The molecule has 2 unspecified atom stereocenters. The molecule has 0 amide bonds. The summed E-state index contributed by atoms with van der Waals surface area (Å²) in [6.07, 6.45) is 2.40. The molecule has 3 rings (SSSR count). The molecule has 2 N–H and O–H groups in total. The third kappa shape index (κ3) is 2.79. The fraction of sp³-hybridized carbons (Fsp3) is 0.294. The van der Waals surface area contributed by atoms with E-state index in [1.807, 2.05) is 24.3 Å². The first-order valence-electron chi connectivity index (χ1n) is 6.89. The lowest BCUT2D eigenvalue weighted by atomic mass is 9.92. The van der Waals surface area contributed by atoms with Crippen molar-refractivity contribution < 1.29 is 5.11 Å². The highest BCUT2D eigenvalue weighted by Crippen LogP contribution is 2.26. The van der Waals surface area contributed by atoms with E-state index < -0.39 is 0 Å². The Morgan fingerprint density at radius 1 is 1.05 bits per heavy atom. The van der Waals surface area contributed by atoms with E-state index >= 15 is 0 Å². The van der Waals surface area contributed by atoms with E-state index in [0.717, 1.165) is 12.8 Å². The largest absolute Gasteiger partial charge is 0.391 e. The Bertz CT molecular complexity index is 538. The third-order valence-corrected chi connectivity index (χ3v) is 3.84. The Morgan fingerprint density at radius 2 is 1.79 bits per heavy atom. The number of para-hydroxylation sites is 1. The molecule has 1 heterocycles. The fourth-order valence-corrected chi connectivity index (χ4v) is 2.75. The van der Waals surface area contributed by atoms with Gasteiger partial charge in [0.1, 0.15) is 0 Å². The number of aliphatic hydroxyl groups excluding tert-OH is 1. The Balaban J connectivity index is 1.68. The van der Waals surface area contributed by atoms with E-state index in [4.69, 9.17) is 0 Å². The standard InChI is InChI=1S/C17H19NO/c19-17(12-13-6-2-1-3-7-13)16-11-10-14-8-4-5-9-15(14)18-16/h1-9,16-19H,10-12H2. The van der Waals surface area contributed by atoms with Gasteiger partial charge in [-0.05, 0) is 30.0 Å². The van der Waals surface area contributed by atoms with Crippen molar-refractivity contribution in [2.75, 3.05) is 5.32 Å². The van der Waals surface area contributed by atoms with Gasteiger partial charge in [-0.25, -0.2) is 0 Å². The van der Waals surface area contributed by atoms with Gasteiger partial charge in [-0.15, -0.1) is 0 Å². The van der Waals surface area contributed by atoms with E-state index in [9.17, 15) is 5.11 Å². The molecule has 2 heteroatoms. The minimum atomic E-state index is -0.337. The summed E-state index contributed by atoms with van der Waals surface area (Å²) in [7, 11) is 0. The van der Waals surface area contributed by atoms with Crippen LogP contribution in [0.2, 0.25) is 0 Å². The first-order chi connectivity index (χ1) is 9.33. The van der Waals surface area contributed by atoms with Crippen LogP contribution in [-0.2, 0) is 12.8 Å². The smallest absolute Gasteiger partial charge is 0.0781 e. The number of aliphatic hydroxyl groups is 1. The zero-order chi connectivity index (χ0) is 13.1. The molecule has 0 fully saturated rings. The van der Waals surface area contributed by atoms with Crippen LogP contribution in [0.15, 0.2) is 54.6 Å². The van der Waals surface area contributed by atoms with Gasteiger partial charge in [0.15, 0.2) is 0 Å². The van der Waals surface area contributed by atoms with Crippen molar-refractivity contribution >= 4 is 5.69 Å². The van der Waals surface area contributed by atoms with Crippen molar-refractivity contribution in [3.05, 3.63) is 65.7 Å². The zero-order valence-electron chi connectivity index (χ0n) is 10.9. The summed E-state index contributed by atoms with van der Waals surface area (Å²) in [6, 6.07) is 18.7. The van der Waals surface area contributed by atoms with Crippen molar-refractivity contribution in [1.29, 1.82) is 0 Å². The summed E-state index contributed by atoms with van der Waals surface area (Å²) in [4.78, 5) is 0. The number of hydrogen-bond acceptors (Lipinski definition) is 2. The number of hydrogen-bond donors (Lipinski definition) is 2. The van der Waals surface area contributed by atoms with Crippen LogP contribution in [0.3, 0.4) is 0 Å². The second-order valence-electron chi connectivity index (χ2n) is 5.20. The molecule has 1 aliphatic rings. The Hall–Kier alpha value is -1.80. The maximum Gasteiger partial charge on any atom is 0.0781 e. The van der Waals surface area contributed by atoms with Crippen LogP contribution in [0.1, 0.15) is 17.5 Å². The van der Waals surface area contributed by atoms with Gasteiger partial charge < -0.3 is 10.4 Å². The van der Waals surface area contributed by atoms with E-state index in [1.165, 1.54) is 16.8 Å². The van der Waals surface area contributed by atoms with Crippen LogP contribution in [0.4, 0.5) is 5.69 Å². The van der Waals surface area contributed by atoms with Gasteiger partial charge in [0.2, 0.25) is 0 Å². The lowest BCUT2D eigenvalue weighted by molar-refractivity contribution is 0.147. The van der Waals surface area contributed by atoms with Crippen LogP contribution in [0.25, 0.3) is 0 Å². The average Bonchev–Trinajstić information content (AvgIpc) is 2.48. The second kappa shape index (κ2) is 5.45. The molecule has 2 aromatic carbocycles. The predicted molar refractivity (Wildman–Crippen MR) is 78.3 cm³/mol. The lowest BCUT2D eigenvalue weighted by Gasteiger charge is -2.30. The number of fused-ring (bicyclic) bond motifs is 1. The summed E-state index contributed by atoms with van der Waals surface area (Å²) in [6.45, 7) is 0. The summed E-state index contributed by atoms with van der Waals surface area (Å²) in [5.74, 6) is 0. The van der Waals surface area contributed by atoms with Gasteiger partial charge in [0, 0.05) is 12.1 Å². The molecule has 0 aliphatic carbocycles. The Morgan fingerprint density at radius 3 is 2.63 bits per heavy atom. The van der Waals surface area contributed by atoms with Crippen LogP contribution < -0.4 is 5.32 Å². The molecule has 2 atom stereocenters. The number of anilines is 1. The molecule has 0 bridgehead atoms. The normalized spacial score (nSPS) is 19.3. The summed E-state index contributed by atoms with van der Waals surface area (Å²) in [5.41, 5.74) is 3.71. The van der Waals surface area contributed by atoms with Gasteiger partial charge in [-0.3, -0.25) is 0 Å². The number of benzene rings is 2. The highest BCUT2D eigenvalue weighted by atomic mass is 16.3. The molecule has 0 saturated heterocycles. The first kappa shape index (κ1) is 12.2. The molecular weight excluding hydrogens is 234 g/mol. The summed E-state index contributed by atoms with van der Waals surface area (Å²) >= 11 is 0. The van der Waals surface area contributed by atoms with Crippen LogP contribution in [0.5, 0.6) is 0 Å². The molecule has 98 valence electrons. The van der Waals surface area contributed by atoms with Crippen molar-refractivity contribution in [3.63, 3.8) is 0 Å². The molecular formula is C17H19NO. The molecule has 1 aliphatic heterocycles. The van der Waals surface area contributed by atoms with E-state index in [0.29, 0.717) is 6.42 Å².